The fourth-order valence-electron chi connectivity index (χ4n) is 3.92. The summed E-state index contributed by atoms with van der Waals surface area (Å²) < 4.78 is 0. The average Bonchev–Trinajstić information content (AvgIpc) is 3.31. The molecule has 1 aromatic carbocycles. The van der Waals surface area contributed by atoms with E-state index in [1.54, 1.807) is 12.3 Å². The summed E-state index contributed by atoms with van der Waals surface area (Å²) >= 11 is 1.34. The molecule has 0 radical (unpaired) electrons. The Bertz CT molecular complexity index is 1130. The standard InChI is InChI=1S/C26H31N5O2S/c1-18(2)19-6-8-20(9-7-19)24(32)29-26-22(10-16-34-26)25(33)28-17-21-5-4-11-27-23(21)31-14-12-30(3)13-15-31/h4-11,16,18H,12-15,17H2,1-3H3,(H,28,33)(H,29,32). The highest BCUT2D eigenvalue weighted by Gasteiger charge is 2.20. The number of anilines is 2. The van der Waals surface area contributed by atoms with Gasteiger partial charge in [0.05, 0.1) is 5.56 Å². The summed E-state index contributed by atoms with van der Waals surface area (Å²) in [5, 5.41) is 8.25. The maximum absolute atomic E-state index is 13.0. The van der Waals surface area contributed by atoms with Crippen LogP contribution in [0.4, 0.5) is 10.8 Å². The number of pyridine rings is 1. The van der Waals surface area contributed by atoms with E-state index in [4.69, 9.17) is 0 Å². The van der Waals surface area contributed by atoms with Crippen LogP contribution in [0.25, 0.3) is 0 Å². The molecule has 4 rings (SSSR count). The molecule has 8 heteroatoms. The van der Waals surface area contributed by atoms with Gasteiger partial charge in [0, 0.05) is 50.0 Å². The van der Waals surface area contributed by atoms with Crippen molar-refractivity contribution in [1.82, 2.24) is 15.2 Å². The molecule has 34 heavy (non-hydrogen) atoms. The van der Waals surface area contributed by atoms with E-state index in [0.717, 1.165) is 37.6 Å². The number of amides is 2. The van der Waals surface area contributed by atoms with Crippen molar-refractivity contribution in [3.05, 3.63) is 76.3 Å². The summed E-state index contributed by atoms with van der Waals surface area (Å²) in [6.45, 7) is 8.40. The predicted molar refractivity (Wildman–Crippen MR) is 138 cm³/mol. The lowest BCUT2D eigenvalue weighted by atomic mass is 10.0. The molecule has 1 saturated heterocycles. The van der Waals surface area contributed by atoms with Gasteiger partial charge in [0.1, 0.15) is 10.8 Å². The molecule has 178 valence electrons. The lowest BCUT2D eigenvalue weighted by Gasteiger charge is -2.34. The van der Waals surface area contributed by atoms with Crippen LogP contribution in [0, 0.1) is 0 Å². The quantitative estimate of drug-likeness (QED) is 0.533. The van der Waals surface area contributed by atoms with Gasteiger partial charge in [0.2, 0.25) is 0 Å². The van der Waals surface area contributed by atoms with E-state index in [2.05, 4.69) is 46.3 Å². The van der Waals surface area contributed by atoms with Gasteiger partial charge < -0.3 is 20.4 Å². The van der Waals surface area contributed by atoms with Crippen molar-refractivity contribution in [1.29, 1.82) is 0 Å². The van der Waals surface area contributed by atoms with E-state index in [0.29, 0.717) is 28.6 Å². The smallest absolute Gasteiger partial charge is 0.256 e. The zero-order valence-electron chi connectivity index (χ0n) is 19.9. The Kier molecular flexibility index (Phi) is 7.59. The third-order valence-corrected chi connectivity index (χ3v) is 6.92. The number of piperazine rings is 1. The highest BCUT2D eigenvalue weighted by Crippen LogP contribution is 2.25. The molecule has 0 bridgehead atoms. The van der Waals surface area contributed by atoms with E-state index >= 15 is 0 Å². The Balaban J connectivity index is 1.40. The minimum atomic E-state index is -0.226. The number of carbonyl (C=O) groups is 2. The molecule has 0 unspecified atom stereocenters. The number of aromatic nitrogens is 1. The van der Waals surface area contributed by atoms with Crippen LogP contribution in [-0.4, -0.2) is 54.9 Å². The molecule has 0 aliphatic carbocycles. The molecule has 1 fully saturated rings. The first kappa shape index (κ1) is 23.9. The first-order valence-electron chi connectivity index (χ1n) is 11.6. The number of rotatable bonds is 7. The van der Waals surface area contributed by atoms with Crippen molar-refractivity contribution < 1.29 is 9.59 Å². The topological polar surface area (TPSA) is 77.6 Å². The van der Waals surface area contributed by atoms with Crippen molar-refractivity contribution in [2.45, 2.75) is 26.3 Å². The normalized spacial score (nSPS) is 14.3. The van der Waals surface area contributed by atoms with E-state index in [9.17, 15) is 9.59 Å². The second kappa shape index (κ2) is 10.8. The second-order valence-corrected chi connectivity index (χ2v) is 9.77. The maximum atomic E-state index is 13.0. The van der Waals surface area contributed by atoms with Crippen molar-refractivity contribution >= 4 is 34.0 Å². The number of hydrogen-bond acceptors (Lipinski definition) is 6. The Morgan fingerprint density at radius 1 is 1.03 bits per heavy atom. The predicted octanol–water partition coefficient (Wildman–Crippen LogP) is 4.20. The summed E-state index contributed by atoms with van der Waals surface area (Å²) in [7, 11) is 2.12. The third-order valence-electron chi connectivity index (χ3n) is 6.09. The third kappa shape index (κ3) is 5.63. The van der Waals surface area contributed by atoms with Gasteiger partial charge in [-0.3, -0.25) is 9.59 Å². The molecule has 2 N–H and O–H groups in total. The lowest BCUT2D eigenvalue weighted by Crippen LogP contribution is -2.45. The fourth-order valence-corrected chi connectivity index (χ4v) is 4.70. The van der Waals surface area contributed by atoms with Gasteiger partial charge in [0.15, 0.2) is 0 Å². The number of thiophene rings is 1. The van der Waals surface area contributed by atoms with Crippen LogP contribution >= 0.6 is 11.3 Å². The Labute approximate surface area is 204 Å². The van der Waals surface area contributed by atoms with E-state index < -0.39 is 0 Å². The fraction of sp³-hybridized carbons (Fsp3) is 0.346. The number of nitrogens with zero attached hydrogens (tertiary/aromatic N) is 3. The average molecular weight is 478 g/mol. The molecule has 7 nitrogen and oxygen atoms in total. The second-order valence-electron chi connectivity index (χ2n) is 8.85. The van der Waals surface area contributed by atoms with Crippen molar-refractivity contribution in [3.8, 4) is 0 Å². The number of hydrogen-bond donors (Lipinski definition) is 2. The van der Waals surface area contributed by atoms with Gasteiger partial charge in [0.25, 0.3) is 11.8 Å². The van der Waals surface area contributed by atoms with Crippen LogP contribution in [0.2, 0.25) is 0 Å². The summed E-state index contributed by atoms with van der Waals surface area (Å²) in [4.78, 5) is 34.8. The Hall–Kier alpha value is -3.23. The SMILES string of the molecule is CC(C)c1ccc(C(=O)Nc2sccc2C(=O)NCc2cccnc2N2CCN(C)CC2)cc1. The van der Waals surface area contributed by atoms with Crippen LogP contribution in [-0.2, 0) is 6.54 Å². The highest BCUT2D eigenvalue weighted by molar-refractivity contribution is 7.14. The van der Waals surface area contributed by atoms with Gasteiger partial charge in [-0.2, -0.15) is 0 Å². The molecule has 3 aromatic rings. The van der Waals surface area contributed by atoms with Gasteiger partial charge in [-0.1, -0.05) is 32.0 Å². The lowest BCUT2D eigenvalue weighted by molar-refractivity contribution is 0.0952. The molecule has 0 saturated carbocycles. The van der Waals surface area contributed by atoms with Gasteiger partial charge in [-0.25, -0.2) is 4.98 Å². The van der Waals surface area contributed by atoms with Crippen LogP contribution in [0.3, 0.4) is 0 Å². The summed E-state index contributed by atoms with van der Waals surface area (Å²) in [6, 6.07) is 13.2. The molecule has 0 atom stereocenters. The number of likely N-dealkylation sites (N-methyl/N-ethyl adjacent to an activating group) is 1. The molecule has 0 spiro atoms. The largest absolute Gasteiger partial charge is 0.354 e. The van der Waals surface area contributed by atoms with E-state index in [1.807, 2.05) is 41.8 Å². The molecule has 2 amide bonds. The first-order chi connectivity index (χ1) is 16.4. The summed E-state index contributed by atoms with van der Waals surface area (Å²) in [6.07, 6.45) is 1.79. The Morgan fingerprint density at radius 2 is 1.76 bits per heavy atom. The van der Waals surface area contributed by atoms with Crippen molar-refractivity contribution in [3.63, 3.8) is 0 Å². The minimum Gasteiger partial charge on any atom is -0.354 e. The van der Waals surface area contributed by atoms with Crippen LogP contribution < -0.4 is 15.5 Å². The van der Waals surface area contributed by atoms with Crippen molar-refractivity contribution in [2.75, 3.05) is 43.4 Å². The van der Waals surface area contributed by atoms with E-state index in [-0.39, 0.29) is 11.8 Å². The molecular formula is C26H31N5O2S. The van der Waals surface area contributed by atoms with Crippen LogP contribution in [0.1, 0.15) is 51.6 Å². The number of nitrogens with one attached hydrogen (secondary N) is 2. The van der Waals surface area contributed by atoms with Gasteiger partial charge >= 0.3 is 0 Å². The zero-order valence-corrected chi connectivity index (χ0v) is 20.7. The number of carbonyl (C=O) groups excluding carboxylic acids is 2. The van der Waals surface area contributed by atoms with Crippen LogP contribution in [0.15, 0.2) is 54.0 Å². The molecule has 3 heterocycles. The monoisotopic (exact) mass is 477 g/mol. The number of benzene rings is 1. The molecule has 2 aromatic heterocycles. The highest BCUT2D eigenvalue weighted by atomic mass is 32.1. The Morgan fingerprint density at radius 3 is 2.47 bits per heavy atom. The van der Waals surface area contributed by atoms with Gasteiger partial charge in [-0.05, 0) is 48.2 Å². The molecule has 1 aliphatic heterocycles. The molecule has 1 aliphatic rings. The first-order valence-corrected chi connectivity index (χ1v) is 12.4. The zero-order chi connectivity index (χ0) is 24.1. The van der Waals surface area contributed by atoms with Gasteiger partial charge in [-0.15, -0.1) is 11.3 Å². The van der Waals surface area contributed by atoms with E-state index in [1.165, 1.54) is 16.9 Å². The van der Waals surface area contributed by atoms with Crippen LogP contribution in [0.5, 0.6) is 0 Å². The summed E-state index contributed by atoms with van der Waals surface area (Å²) in [5.74, 6) is 0.872. The minimum absolute atomic E-state index is 0.222. The maximum Gasteiger partial charge on any atom is 0.256 e. The summed E-state index contributed by atoms with van der Waals surface area (Å²) in [5.41, 5.74) is 3.18. The molecular weight excluding hydrogens is 446 g/mol. The van der Waals surface area contributed by atoms with Crippen molar-refractivity contribution in [2.24, 2.45) is 0 Å².